The first-order chi connectivity index (χ1) is 9.86. The number of rotatable bonds is 6. The number of anilines is 1. The predicted molar refractivity (Wildman–Crippen MR) is 80.1 cm³/mol. The van der Waals surface area contributed by atoms with Crippen LogP contribution in [0.2, 0.25) is 0 Å². The van der Waals surface area contributed by atoms with Crippen molar-refractivity contribution in [2.45, 2.75) is 44.4 Å². The molecule has 0 amide bonds. The van der Waals surface area contributed by atoms with Crippen molar-refractivity contribution < 1.29 is 4.74 Å². The number of hydrogen-bond acceptors (Lipinski definition) is 4. The number of methoxy groups -OCH3 is 1. The van der Waals surface area contributed by atoms with Crippen LogP contribution in [0.5, 0.6) is 0 Å². The molecule has 1 aliphatic carbocycles. The number of nitrogens with zero attached hydrogens (tertiary/aromatic N) is 3. The summed E-state index contributed by atoms with van der Waals surface area (Å²) < 4.78 is 5.16. The quantitative estimate of drug-likeness (QED) is 0.748. The predicted octanol–water partition coefficient (Wildman–Crippen LogP) is 3.00. The summed E-state index contributed by atoms with van der Waals surface area (Å²) in [7, 11) is 1.79. The number of aromatic nitrogens is 2. The van der Waals surface area contributed by atoms with Crippen LogP contribution >= 0.6 is 0 Å². The maximum Gasteiger partial charge on any atom is 0.132 e. The molecule has 1 atom stereocenters. The third kappa shape index (κ3) is 3.48. The summed E-state index contributed by atoms with van der Waals surface area (Å²) in [5.74, 6) is 2.63. The first-order valence-electron chi connectivity index (χ1n) is 7.92. The molecule has 2 heterocycles. The second-order valence-electron chi connectivity index (χ2n) is 6.16. The summed E-state index contributed by atoms with van der Waals surface area (Å²) in [4.78, 5) is 11.4. The van der Waals surface area contributed by atoms with Crippen LogP contribution in [0.25, 0.3) is 0 Å². The minimum atomic E-state index is 0.707. The van der Waals surface area contributed by atoms with Crippen LogP contribution < -0.4 is 4.90 Å². The standard InChI is InChI=1S/C16H25N3O/c1-20-9-3-5-13-4-2-8-19(11-13)16-10-15(14-6-7-14)17-12-18-16/h10,12-14H,2-9,11H2,1H3. The molecule has 0 N–H and O–H groups in total. The molecule has 2 fully saturated rings. The SMILES string of the molecule is COCCCC1CCCN(c2cc(C3CC3)ncn2)C1. The van der Waals surface area contributed by atoms with E-state index in [9.17, 15) is 0 Å². The van der Waals surface area contributed by atoms with Gasteiger partial charge in [0.05, 0.1) is 0 Å². The Morgan fingerprint density at radius 3 is 3.00 bits per heavy atom. The Bertz CT molecular complexity index is 433. The molecular formula is C16H25N3O. The molecule has 0 aromatic carbocycles. The Labute approximate surface area is 121 Å². The fourth-order valence-electron chi connectivity index (χ4n) is 3.16. The Balaban J connectivity index is 1.59. The average Bonchev–Trinajstić information content (AvgIpc) is 3.33. The lowest BCUT2D eigenvalue weighted by atomic mass is 9.93. The van der Waals surface area contributed by atoms with Crippen LogP contribution in [0.1, 0.15) is 50.1 Å². The van der Waals surface area contributed by atoms with Crippen LogP contribution in [0.3, 0.4) is 0 Å². The van der Waals surface area contributed by atoms with Gasteiger partial charge in [-0.25, -0.2) is 9.97 Å². The van der Waals surface area contributed by atoms with Crippen molar-refractivity contribution in [2.24, 2.45) is 5.92 Å². The van der Waals surface area contributed by atoms with E-state index < -0.39 is 0 Å². The fourth-order valence-corrected chi connectivity index (χ4v) is 3.16. The maximum absolute atomic E-state index is 5.16. The van der Waals surface area contributed by atoms with E-state index in [-0.39, 0.29) is 0 Å². The molecule has 1 aliphatic heterocycles. The zero-order valence-corrected chi connectivity index (χ0v) is 12.4. The van der Waals surface area contributed by atoms with E-state index in [0.29, 0.717) is 5.92 Å². The molecule has 1 unspecified atom stereocenters. The molecule has 2 aliphatic rings. The minimum Gasteiger partial charge on any atom is -0.385 e. The number of piperidine rings is 1. The molecule has 3 rings (SSSR count). The lowest BCUT2D eigenvalue weighted by molar-refractivity contribution is 0.184. The Hall–Kier alpha value is -1.16. The molecule has 0 bridgehead atoms. The summed E-state index contributed by atoms with van der Waals surface area (Å²) in [6.07, 6.45) is 9.42. The summed E-state index contributed by atoms with van der Waals surface area (Å²) in [5, 5.41) is 0. The van der Waals surface area contributed by atoms with Gasteiger partial charge in [0.25, 0.3) is 0 Å². The van der Waals surface area contributed by atoms with Gasteiger partial charge in [-0.1, -0.05) is 0 Å². The molecule has 1 saturated heterocycles. The maximum atomic E-state index is 5.16. The average molecular weight is 275 g/mol. The van der Waals surface area contributed by atoms with Crippen molar-refractivity contribution >= 4 is 5.82 Å². The van der Waals surface area contributed by atoms with Crippen LogP contribution in [0, 0.1) is 5.92 Å². The van der Waals surface area contributed by atoms with Gasteiger partial charge in [0.15, 0.2) is 0 Å². The Morgan fingerprint density at radius 1 is 1.30 bits per heavy atom. The largest absolute Gasteiger partial charge is 0.385 e. The van der Waals surface area contributed by atoms with Gasteiger partial charge >= 0.3 is 0 Å². The highest BCUT2D eigenvalue weighted by molar-refractivity contribution is 5.40. The van der Waals surface area contributed by atoms with Gasteiger partial charge in [0.1, 0.15) is 12.1 Å². The molecule has 4 nitrogen and oxygen atoms in total. The number of ether oxygens (including phenoxy) is 1. The molecule has 1 aromatic rings. The molecule has 0 radical (unpaired) electrons. The minimum absolute atomic E-state index is 0.707. The summed E-state index contributed by atoms with van der Waals surface area (Å²) >= 11 is 0. The van der Waals surface area contributed by atoms with Crippen molar-refractivity contribution in [3.8, 4) is 0 Å². The highest BCUT2D eigenvalue weighted by Gasteiger charge is 2.27. The van der Waals surface area contributed by atoms with Crippen molar-refractivity contribution in [3.05, 3.63) is 18.1 Å². The molecule has 20 heavy (non-hydrogen) atoms. The summed E-state index contributed by atoms with van der Waals surface area (Å²) in [6, 6.07) is 2.22. The lowest BCUT2D eigenvalue weighted by Gasteiger charge is -2.33. The van der Waals surface area contributed by atoms with Crippen LogP contribution in [0.15, 0.2) is 12.4 Å². The molecule has 0 spiro atoms. The molecule has 110 valence electrons. The smallest absolute Gasteiger partial charge is 0.132 e. The zero-order valence-electron chi connectivity index (χ0n) is 12.4. The van der Waals surface area contributed by atoms with Crippen LogP contribution in [0.4, 0.5) is 5.82 Å². The summed E-state index contributed by atoms with van der Waals surface area (Å²) in [5.41, 5.74) is 1.25. The third-order valence-corrected chi connectivity index (χ3v) is 4.47. The van der Waals surface area contributed by atoms with Crippen LogP contribution in [-0.4, -0.2) is 36.8 Å². The van der Waals surface area contributed by atoms with E-state index in [1.165, 1.54) is 44.2 Å². The van der Waals surface area contributed by atoms with Crippen molar-refractivity contribution in [3.63, 3.8) is 0 Å². The number of hydrogen-bond donors (Lipinski definition) is 0. The van der Waals surface area contributed by atoms with Gasteiger partial charge in [0, 0.05) is 44.5 Å². The van der Waals surface area contributed by atoms with E-state index >= 15 is 0 Å². The van der Waals surface area contributed by atoms with Crippen molar-refractivity contribution in [2.75, 3.05) is 31.7 Å². The molecule has 4 heteroatoms. The molecular weight excluding hydrogens is 250 g/mol. The van der Waals surface area contributed by atoms with Gasteiger partial charge in [0.2, 0.25) is 0 Å². The van der Waals surface area contributed by atoms with Crippen LogP contribution in [-0.2, 0) is 4.74 Å². The van der Waals surface area contributed by atoms with E-state index in [4.69, 9.17) is 4.74 Å². The van der Waals surface area contributed by atoms with Gasteiger partial charge in [-0.05, 0) is 44.4 Å². The highest BCUT2D eigenvalue weighted by Crippen LogP contribution is 2.39. The van der Waals surface area contributed by atoms with Crippen molar-refractivity contribution in [1.29, 1.82) is 0 Å². The summed E-state index contributed by atoms with van der Waals surface area (Å²) in [6.45, 7) is 3.17. The van der Waals surface area contributed by atoms with E-state index in [0.717, 1.165) is 31.4 Å². The van der Waals surface area contributed by atoms with Crippen molar-refractivity contribution in [1.82, 2.24) is 9.97 Å². The topological polar surface area (TPSA) is 38.2 Å². The monoisotopic (exact) mass is 275 g/mol. The first-order valence-corrected chi connectivity index (χ1v) is 7.92. The second-order valence-corrected chi connectivity index (χ2v) is 6.16. The third-order valence-electron chi connectivity index (χ3n) is 4.47. The molecule has 1 saturated carbocycles. The van der Waals surface area contributed by atoms with E-state index in [1.54, 1.807) is 13.4 Å². The van der Waals surface area contributed by atoms with Gasteiger partial charge in [-0.3, -0.25) is 0 Å². The van der Waals surface area contributed by atoms with Gasteiger partial charge in [-0.2, -0.15) is 0 Å². The van der Waals surface area contributed by atoms with Gasteiger partial charge in [-0.15, -0.1) is 0 Å². The highest BCUT2D eigenvalue weighted by atomic mass is 16.5. The van der Waals surface area contributed by atoms with Gasteiger partial charge < -0.3 is 9.64 Å². The second kappa shape index (κ2) is 6.53. The fraction of sp³-hybridized carbons (Fsp3) is 0.750. The zero-order chi connectivity index (χ0) is 13.8. The van der Waals surface area contributed by atoms with E-state index in [2.05, 4.69) is 20.9 Å². The normalized spacial score (nSPS) is 23.1. The van der Waals surface area contributed by atoms with E-state index in [1.807, 2.05) is 0 Å². The Morgan fingerprint density at radius 2 is 2.20 bits per heavy atom. The Kier molecular flexibility index (Phi) is 4.51. The lowest BCUT2D eigenvalue weighted by Crippen LogP contribution is -2.36. The first kappa shape index (κ1) is 13.8. The molecule has 1 aromatic heterocycles.